The van der Waals surface area contributed by atoms with E-state index in [0.717, 1.165) is 29.9 Å². The van der Waals surface area contributed by atoms with Gasteiger partial charge < -0.3 is 9.47 Å². The molecule has 0 saturated heterocycles. The van der Waals surface area contributed by atoms with E-state index >= 15 is 0 Å². The predicted molar refractivity (Wildman–Crippen MR) is 75.0 cm³/mol. The molecule has 0 aliphatic carbocycles. The van der Waals surface area contributed by atoms with Crippen LogP contribution in [-0.4, -0.2) is 18.5 Å². The van der Waals surface area contributed by atoms with Gasteiger partial charge in [0, 0.05) is 24.5 Å². The van der Waals surface area contributed by atoms with Crippen LogP contribution in [0.15, 0.2) is 18.2 Å². The van der Waals surface area contributed by atoms with Gasteiger partial charge in [-0.1, -0.05) is 13.0 Å². The number of carbonyl (C=O) groups is 1. The van der Waals surface area contributed by atoms with Crippen LogP contribution in [0.3, 0.4) is 0 Å². The van der Waals surface area contributed by atoms with E-state index in [1.54, 1.807) is 7.11 Å². The molecule has 0 aromatic heterocycles. The third-order valence-corrected chi connectivity index (χ3v) is 3.56. The van der Waals surface area contributed by atoms with Gasteiger partial charge in [0.15, 0.2) is 0 Å². The summed E-state index contributed by atoms with van der Waals surface area (Å²) in [7, 11) is 1.63. The molecule has 2 rings (SSSR count). The number of rotatable bonds is 4. The van der Waals surface area contributed by atoms with E-state index in [1.165, 1.54) is 0 Å². The third-order valence-electron chi connectivity index (χ3n) is 3.56. The molecule has 0 fully saturated rings. The number of hydrogen-bond donors (Lipinski definition) is 0. The second-order valence-electron chi connectivity index (χ2n) is 5.74. The summed E-state index contributed by atoms with van der Waals surface area (Å²) >= 11 is 0. The van der Waals surface area contributed by atoms with Crippen molar-refractivity contribution in [1.29, 1.82) is 0 Å². The highest BCUT2D eigenvalue weighted by atomic mass is 16.5. The molecule has 1 atom stereocenters. The Bertz CT molecular complexity index is 477. The Labute approximate surface area is 114 Å². The molecule has 104 valence electrons. The summed E-state index contributed by atoms with van der Waals surface area (Å²) in [5.74, 6) is 1.80. The first-order valence-electron chi connectivity index (χ1n) is 6.86. The Morgan fingerprint density at radius 2 is 2.21 bits per heavy atom. The van der Waals surface area contributed by atoms with Crippen molar-refractivity contribution in [3.8, 4) is 11.5 Å². The van der Waals surface area contributed by atoms with Crippen LogP contribution >= 0.6 is 0 Å². The molecule has 19 heavy (non-hydrogen) atoms. The number of ketones is 1. The fourth-order valence-corrected chi connectivity index (χ4v) is 2.67. The average molecular weight is 262 g/mol. The van der Waals surface area contributed by atoms with E-state index in [0.29, 0.717) is 12.2 Å². The van der Waals surface area contributed by atoms with Crippen molar-refractivity contribution in [1.82, 2.24) is 0 Å². The van der Waals surface area contributed by atoms with Crippen LogP contribution in [0.25, 0.3) is 0 Å². The van der Waals surface area contributed by atoms with Crippen molar-refractivity contribution in [2.24, 2.45) is 0 Å². The molecule has 3 nitrogen and oxygen atoms in total. The summed E-state index contributed by atoms with van der Waals surface area (Å²) in [6, 6.07) is 5.73. The maximum absolute atomic E-state index is 12.3. The normalized spacial score (nSPS) is 20.3. The van der Waals surface area contributed by atoms with Crippen molar-refractivity contribution < 1.29 is 14.3 Å². The van der Waals surface area contributed by atoms with Gasteiger partial charge in [-0.2, -0.15) is 0 Å². The van der Waals surface area contributed by atoms with Crippen LogP contribution in [0.4, 0.5) is 0 Å². The molecule has 1 unspecified atom stereocenters. The molecule has 0 amide bonds. The van der Waals surface area contributed by atoms with E-state index in [-0.39, 0.29) is 11.5 Å². The summed E-state index contributed by atoms with van der Waals surface area (Å²) in [6.45, 7) is 6.10. The Kier molecular flexibility index (Phi) is 3.83. The van der Waals surface area contributed by atoms with Gasteiger partial charge in [-0.05, 0) is 26.3 Å². The lowest BCUT2D eigenvalue weighted by atomic mass is 9.80. The molecule has 1 aliphatic heterocycles. The molecule has 3 heteroatoms. The zero-order valence-electron chi connectivity index (χ0n) is 12.2. The lowest BCUT2D eigenvalue weighted by molar-refractivity contribution is -0.122. The molecular weight excluding hydrogens is 240 g/mol. The third kappa shape index (κ3) is 2.91. The molecule has 0 radical (unpaired) electrons. The van der Waals surface area contributed by atoms with Crippen molar-refractivity contribution in [3.63, 3.8) is 0 Å². The van der Waals surface area contributed by atoms with Crippen molar-refractivity contribution in [2.45, 2.75) is 51.6 Å². The van der Waals surface area contributed by atoms with Gasteiger partial charge in [0.2, 0.25) is 0 Å². The van der Waals surface area contributed by atoms with E-state index in [1.807, 2.05) is 39.0 Å². The van der Waals surface area contributed by atoms with E-state index in [4.69, 9.17) is 9.47 Å². The van der Waals surface area contributed by atoms with E-state index in [2.05, 4.69) is 0 Å². The Hall–Kier alpha value is -1.51. The highest BCUT2D eigenvalue weighted by Crippen LogP contribution is 2.43. The zero-order chi connectivity index (χ0) is 14.0. The van der Waals surface area contributed by atoms with Crippen LogP contribution in [-0.2, 0) is 4.79 Å². The second kappa shape index (κ2) is 5.24. The molecule has 1 aromatic carbocycles. The molecule has 1 aromatic rings. The number of methoxy groups -OCH3 is 1. The lowest BCUT2D eigenvalue weighted by Crippen LogP contribution is -2.37. The van der Waals surface area contributed by atoms with Gasteiger partial charge in [-0.3, -0.25) is 4.79 Å². The van der Waals surface area contributed by atoms with Crippen molar-refractivity contribution in [3.05, 3.63) is 23.8 Å². The molecule has 1 heterocycles. The molecule has 0 saturated carbocycles. The summed E-state index contributed by atoms with van der Waals surface area (Å²) in [5, 5.41) is 0. The van der Waals surface area contributed by atoms with Gasteiger partial charge >= 0.3 is 0 Å². The highest BCUT2D eigenvalue weighted by Gasteiger charge is 2.37. The van der Waals surface area contributed by atoms with Crippen LogP contribution in [0, 0.1) is 0 Å². The summed E-state index contributed by atoms with van der Waals surface area (Å²) in [5.41, 5.74) is 0.687. The largest absolute Gasteiger partial charge is 0.497 e. The molecular formula is C16H22O3. The summed E-state index contributed by atoms with van der Waals surface area (Å²) in [4.78, 5) is 12.3. The van der Waals surface area contributed by atoms with Gasteiger partial charge in [0.25, 0.3) is 0 Å². The number of fused-ring (bicyclic) bond motifs is 1. The lowest BCUT2D eigenvalue weighted by Gasteiger charge is -2.37. The average Bonchev–Trinajstić information content (AvgIpc) is 2.36. The SMILES string of the molecule is CCCC(=O)C1CC(C)(C)Oc2cc(OC)ccc21. The molecule has 0 bridgehead atoms. The quantitative estimate of drug-likeness (QED) is 0.829. The fourth-order valence-electron chi connectivity index (χ4n) is 2.67. The van der Waals surface area contributed by atoms with Crippen LogP contribution in [0.5, 0.6) is 11.5 Å². The van der Waals surface area contributed by atoms with Crippen molar-refractivity contribution in [2.75, 3.05) is 7.11 Å². The molecule has 0 spiro atoms. The fraction of sp³-hybridized carbons (Fsp3) is 0.562. The first kappa shape index (κ1) is 13.9. The maximum Gasteiger partial charge on any atom is 0.140 e. The second-order valence-corrected chi connectivity index (χ2v) is 5.74. The number of carbonyl (C=O) groups excluding carboxylic acids is 1. The van der Waals surface area contributed by atoms with E-state index in [9.17, 15) is 4.79 Å². The smallest absolute Gasteiger partial charge is 0.140 e. The van der Waals surface area contributed by atoms with Gasteiger partial charge in [-0.15, -0.1) is 0 Å². The minimum atomic E-state index is -0.312. The summed E-state index contributed by atoms with van der Waals surface area (Å²) in [6.07, 6.45) is 2.26. The Morgan fingerprint density at radius 1 is 1.47 bits per heavy atom. The van der Waals surface area contributed by atoms with Gasteiger partial charge in [0.1, 0.15) is 22.9 Å². The van der Waals surface area contributed by atoms with Gasteiger partial charge in [0.05, 0.1) is 13.0 Å². The minimum Gasteiger partial charge on any atom is -0.497 e. The van der Waals surface area contributed by atoms with Crippen LogP contribution in [0.1, 0.15) is 51.5 Å². The van der Waals surface area contributed by atoms with Crippen LogP contribution in [0.2, 0.25) is 0 Å². The molecule has 1 aliphatic rings. The predicted octanol–water partition coefficient (Wildman–Crippen LogP) is 3.71. The van der Waals surface area contributed by atoms with Crippen LogP contribution < -0.4 is 9.47 Å². The first-order valence-corrected chi connectivity index (χ1v) is 6.86. The van der Waals surface area contributed by atoms with E-state index < -0.39 is 0 Å². The molecule has 0 N–H and O–H groups in total. The summed E-state index contributed by atoms with van der Waals surface area (Å²) < 4.78 is 11.2. The number of ether oxygens (including phenoxy) is 2. The minimum absolute atomic E-state index is 0.0513. The Morgan fingerprint density at radius 3 is 2.84 bits per heavy atom. The first-order chi connectivity index (χ1) is 8.96. The zero-order valence-corrected chi connectivity index (χ0v) is 12.2. The topological polar surface area (TPSA) is 35.5 Å². The monoisotopic (exact) mass is 262 g/mol. The van der Waals surface area contributed by atoms with Gasteiger partial charge in [-0.25, -0.2) is 0 Å². The maximum atomic E-state index is 12.3. The standard InChI is InChI=1S/C16H22O3/c1-5-6-14(17)13-10-16(2,3)19-15-9-11(18-4)7-8-12(13)15/h7-9,13H,5-6,10H2,1-4H3. The highest BCUT2D eigenvalue weighted by molar-refractivity contribution is 5.87. The number of benzene rings is 1. The number of hydrogen-bond acceptors (Lipinski definition) is 3. The Balaban J connectivity index is 2.40. The van der Waals surface area contributed by atoms with Crippen molar-refractivity contribution >= 4 is 5.78 Å². The number of Topliss-reactive ketones (excluding diaryl/α,β-unsaturated/α-hetero) is 1.